The summed E-state index contributed by atoms with van der Waals surface area (Å²) in [6.45, 7) is 0.593. The van der Waals surface area contributed by atoms with Crippen molar-refractivity contribution in [2.45, 2.75) is 12.5 Å². The van der Waals surface area contributed by atoms with Crippen molar-refractivity contribution < 1.29 is 9.18 Å². The summed E-state index contributed by atoms with van der Waals surface area (Å²) >= 11 is 0. The molecule has 1 atom stereocenters. The Morgan fingerprint density at radius 2 is 2.00 bits per heavy atom. The number of hydrogen-bond acceptors (Lipinski definition) is 3. The Morgan fingerprint density at radius 3 is 2.50 bits per heavy atom. The van der Waals surface area contributed by atoms with E-state index in [0.29, 0.717) is 13.0 Å². The van der Waals surface area contributed by atoms with E-state index in [1.165, 1.54) is 12.1 Å². The molecule has 0 radical (unpaired) electrons. The van der Waals surface area contributed by atoms with Crippen molar-refractivity contribution in [2.24, 2.45) is 11.5 Å². The van der Waals surface area contributed by atoms with Crippen LogP contribution in [0.15, 0.2) is 24.3 Å². The molecule has 0 bridgehead atoms. The first-order valence-electron chi connectivity index (χ1n) is 5.02. The van der Waals surface area contributed by atoms with Crippen molar-refractivity contribution in [3.05, 3.63) is 30.1 Å². The standard InChI is InChI=1S/C11H16FN3O/c1-15(7-6-10(13)11(14)16)9-4-2-8(12)3-5-9/h2-5,10H,6-7,13H2,1H3,(H2,14,16). The highest BCUT2D eigenvalue weighted by Crippen LogP contribution is 2.13. The fourth-order valence-electron chi connectivity index (χ4n) is 1.30. The van der Waals surface area contributed by atoms with Gasteiger partial charge in [-0.15, -0.1) is 0 Å². The van der Waals surface area contributed by atoms with Crippen molar-refractivity contribution in [1.29, 1.82) is 0 Å². The molecule has 0 heterocycles. The average molecular weight is 225 g/mol. The molecule has 0 saturated carbocycles. The van der Waals surface area contributed by atoms with Gasteiger partial charge in [-0.25, -0.2) is 4.39 Å². The van der Waals surface area contributed by atoms with Crippen molar-refractivity contribution in [1.82, 2.24) is 0 Å². The van der Waals surface area contributed by atoms with E-state index in [4.69, 9.17) is 11.5 Å². The maximum atomic E-state index is 12.7. The number of rotatable bonds is 5. The normalized spacial score (nSPS) is 12.2. The molecule has 0 aliphatic heterocycles. The zero-order chi connectivity index (χ0) is 12.1. The Hall–Kier alpha value is -1.62. The van der Waals surface area contributed by atoms with Crippen molar-refractivity contribution >= 4 is 11.6 Å². The molecule has 0 aliphatic carbocycles. The number of hydrogen-bond donors (Lipinski definition) is 2. The Balaban J connectivity index is 2.49. The second kappa shape index (κ2) is 5.46. The largest absolute Gasteiger partial charge is 0.375 e. The summed E-state index contributed by atoms with van der Waals surface area (Å²) in [7, 11) is 1.85. The van der Waals surface area contributed by atoms with Crippen LogP contribution in [0.3, 0.4) is 0 Å². The first kappa shape index (κ1) is 12.4. The topological polar surface area (TPSA) is 72.3 Å². The Morgan fingerprint density at radius 1 is 1.44 bits per heavy atom. The lowest BCUT2D eigenvalue weighted by Gasteiger charge is -2.20. The predicted octanol–water partition coefficient (Wildman–Crippen LogP) is 0.465. The number of halogens is 1. The predicted molar refractivity (Wildman–Crippen MR) is 61.5 cm³/mol. The van der Waals surface area contributed by atoms with Crippen molar-refractivity contribution in [3.63, 3.8) is 0 Å². The van der Waals surface area contributed by atoms with E-state index in [9.17, 15) is 9.18 Å². The number of anilines is 1. The second-order valence-electron chi connectivity index (χ2n) is 3.70. The Kier molecular flexibility index (Phi) is 4.25. The number of benzene rings is 1. The van der Waals surface area contributed by atoms with Gasteiger partial charge in [0.2, 0.25) is 5.91 Å². The van der Waals surface area contributed by atoms with Gasteiger partial charge in [0.15, 0.2) is 0 Å². The van der Waals surface area contributed by atoms with Crippen LogP contribution in [0.4, 0.5) is 10.1 Å². The van der Waals surface area contributed by atoms with E-state index < -0.39 is 11.9 Å². The molecule has 1 rings (SSSR count). The molecule has 1 unspecified atom stereocenters. The summed E-state index contributed by atoms with van der Waals surface area (Å²) < 4.78 is 12.7. The van der Waals surface area contributed by atoms with Gasteiger partial charge in [-0.1, -0.05) is 0 Å². The number of primary amides is 1. The van der Waals surface area contributed by atoms with Crippen LogP contribution in [-0.4, -0.2) is 25.5 Å². The van der Waals surface area contributed by atoms with Crippen LogP contribution in [0.5, 0.6) is 0 Å². The third-order valence-corrected chi connectivity index (χ3v) is 2.41. The molecule has 0 aromatic heterocycles. The summed E-state index contributed by atoms with van der Waals surface area (Å²) in [6, 6.07) is 5.48. The van der Waals surface area contributed by atoms with Gasteiger partial charge >= 0.3 is 0 Å². The summed E-state index contributed by atoms with van der Waals surface area (Å²) in [4.78, 5) is 12.6. The molecule has 4 N–H and O–H groups in total. The number of amides is 1. The Bertz CT molecular complexity index is 353. The van der Waals surface area contributed by atoms with Crippen LogP contribution in [0.2, 0.25) is 0 Å². The molecule has 88 valence electrons. The summed E-state index contributed by atoms with van der Waals surface area (Å²) in [5.41, 5.74) is 11.4. The van der Waals surface area contributed by atoms with Crippen LogP contribution in [-0.2, 0) is 4.79 Å². The number of carbonyl (C=O) groups is 1. The van der Waals surface area contributed by atoms with E-state index in [1.807, 2.05) is 11.9 Å². The molecule has 0 aliphatic rings. The van der Waals surface area contributed by atoms with Gasteiger partial charge in [0.05, 0.1) is 6.04 Å². The number of nitrogens with zero attached hydrogens (tertiary/aromatic N) is 1. The molecule has 4 nitrogen and oxygen atoms in total. The van der Waals surface area contributed by atoms with Gasteiger partial charge < -0.3 is 16.4 Å². The van der Waals surface area contributed by atoms with Crippen molar-refractivity contribution in [3.8, 4) is 0 Å². The lowest BCUT2D eigenvalue weighted by molar-refractivity contribution is -0.119. The zero-order valence-electron chi connectivity index (χ0n) is 9.19. The second-order valence-corrected chi connectivity index (χ2v) is 3.70. The van der Waals surface area contributed by atoms with E-state index >= 15 is 0 Å². The van der Waals surface area contributed by atoms with E-state index in [1.54, 1.807) is 12.1 Å². The van der Waals surface area contributed by atoms with Gasteiger partial charge in [0, 0.05) is 19.3 Å². The highest BCUT2D eigenvalue weighted by atomic mass is 19.1. The minimum Gasteiger partial charge on any atom is -0.375 e. The lowest BCUT2D eigenvalue weighted by atomic mass is 10.2. The molecule has 1 amide bonds. The fraction of sp³-hybridized carbons (Fsp3) is 0.364. The lowest BCUT2D eigenvalue weighted by Crippen LogP contribution is -2.39. The molecule has 0 saturated heterocycles. The fourth-order valence-corrected chi connectivity index (χ4v) is 1.30. The molecule has 5 heteroatoms. The summed E-state index contributed by atoms with van der Waals surface area (Å²) in [5.74, 6) is -0.779. The third kappa shape index (κ3) is 3.51. The summed E-state index contributed by atoms with van der Waals surface area (Å²) in [6.07, 6.45) is 0.475. The molecule has 1 aromatic carbocycles. The third-order valence-electron chi connectivity index (χ3n) is 2.41. The number of carbonyl (C=O) groups excluding carboxylic acids is 1. The Labute approximate surface area is 94.0 Å². The van der Waals surface area contributed by atoms with Gasteiger partial charge in [-0.2, -0.15) is 0 Å². The molecular formula is C11H16FN3O. The quantitative estimate of drug-likeness (QED) is 0.765. The average Bonchev–Trinajstić information content (AvgIpc) is 2.26. The van der Waals surface area contributed by atoms with Crippen LogP contribution in [0, 0.1) is 5.82 Å². The van der Waals surface area contributed by atoms with E-state index in [0.717, 1.165) is 5.69 Å². The monoisotopic (exact) mass is 225 g/mol. The number of nitrogens with two attached hydrogens (primary N) is 2. The molecule has 0 fully saturated rings. The van der Waals surface area contributed by atoms with Crippen LogP contribution < -0.4 is 16.4 Å². The van der Waals surface area contributed by atoms with Crippen LogP contribution in [0.1, 0.15) is 6.42 Å². The molecule has 16 heavy (non-hydrogen) atoms. The highest BCUT2D eigenvalue weighted by molar-refractivity contribution is 5.79. The van der Waals surface area contributed by atoms with Gasteiger partial charge in [0.25, 0.3) is 0 Å². The van der Waals surface area contributed by atoms with Gasteiger partial charge in [-0.05, 0) is 30.7 Å². The zero-order valence-corrected chi connectivity index (χ0v) is 9.19. The van der Waals surface area contributed by atoms with Crippen molar-refractivity contribution in [2.75, 3.05) is 18.5 Å². The minimum atomic E-state index is -0.636. The smallest absolute Gasteiger partial charge is 0.234 e. The van der Waals surface area contributed by atoms with Gasteiger partial charge in [-0.3, -0.25) is 4.79 Å². The van der Waals surface area contributed by atoms with Gasteiger partial charge in [0.1, 0.15) is 5.82 Å². The molecule has 0 spiro atoms. The first-order valence-corrected chi connectivity index (χ1v) is 5.02. The highest BCUT2D eigenvalue weighted by Gasteiger charge is 2.10. The van der Waals surface area contributed by atoms with E-state index in [-0.39, 0.29) is 5.82 Å². The van der Waals surface area contributed by atoms with E-state index in [2.05, 4.69) is 0 Å². The first-order chi connectivity index (χ1) is 7.50. The maximum absolute atomic E-state index is 12.7. The maximum Gasteiger partial charge on any atom is 0.234 e. The molecule has 1 aromatic rings. The SMILES string of the molecule is CN(CCC(N)C(N)=O)c1ccc(F)cc1. The minimum absolute atomic E-state index is 0.272. The molecular weight excluding hydrogens is 209 g/mol. The van der Waals surface area contributed by atoms with Crippen LogP contribution >= 0.6 is 0 Å². The van der Waals surface area contributed by atoms with Crippen LogP contribution in [0.25, 0.3) is 0 Å². The summed E-state index contributed by atoms with van der Waals surface area (Å²) in [5, 5.41) is 0.